The van der Waals surface area contributed by atoms with E-state index in [1.807, 2.05) is 0 Å². The van der Waals surface area contributed by atoms with Crippen molar-refractivity contribution in [2.75, 3.05) is 27.3 Å². The Bertz CT molecular complexity index is 337. The summed E-state index contributed by atoms with van der Waals surface area (Å²) in [6, 6.07) is 0. The maximum Gasteiger partial charge on any atom is 0.0550 e. The molecule has 0 aliphatic carbocycles. The molecular formula is C19H39NO. The van der Waals surface area contributed by atoms with Gasteiger partial charge in [-0.25, -0.2) is 0 Å². The molecule has 21 heavy (non-hydrogen) atoms. The molecule has 0 amide bonds. The highest BCUT2D eigenvalue weighted by molar-refractivity contribution is 5.03. The molecule has 1 fully saturated rings. The summed E-state index contributed by atoms with van der Waals surface area (Å²) in [6.07, 6.45) is 5.07. The first-order valence-electron chi connectivity index (χ1n) is 8.63. The van der Waals surface area contributed by atoms with Gasteiger partial charge in [0.2, 0.25) is 0 Å². The molecule has 0 aromatic carbocycles. The van der Waals surface area contributed by atoms with Crippen molar-refractivity contribution >= 4 is 0 Å². The third-order valence-electron chi connectivity index (χ3n) is 6.02. The molecule has 1 saturated heterocycles. The van der Waals surface area contributed by atoms with Crippen LogP contribution in [-0.4, -0.2) is 37.7 Å². The molecule has 0 unspecified atom stereocenters. The molecule has 0 aromatic rings. The molecule has 126 valence electrons. The lowest BCUT2D eigenvalue weighted by molar-refractivity contribution is -0.201. The highest BCUT2D eigenvalue weighted by Gasteiger charge is 2.54. The zero-order valence-corrected chi connectivity index (χ0v) is 16.1. The summed E-state index contributed by atoms with van der Waals surface area (Å²) in [4.78, 5) is 2.36. The first-order valence-corrected chi connectivity index (χ1v) is 8.63. The van der Waals surface area contributed by atoms with E-state index in [4.69, 9.17) is 4.74 Å². The molecule has 0 bridgehead atoms. The quantitative estimate of drug-likeness (QED) is 0.627. The van der Waals surface area contributed by atoms with Gasteiger partial charge in [-0.3, -0.25) is 0 Å². The minimum absolute atomic E-state index is 0.223. The van der Waals surface area contributed by atoms with E-state index < -0.39 is 0 Å². The second-order valence-electron chi connectivity index (χ2n) is 9.63. The van der Waals surface area contributed by atoms with E-state index in [-0.39, 0.29) is 5.54 Å². The number of nitrogens with zero attached hydrogens (tertiary/aromatic N) is 1. The second-order valence-corrected chi connectivity index (χ2v) is 9.63. The molecule has 0 N–H and O–H groups in total. The number of hydrogen-bond acceptors (Lipinski definition) is 2. The van der Waals surface area contributed by atoms with Gasteiger partial charge in [-0.2, -0.15) is 0 Å². The Labute approximate surface area is 133 Å². The van der Waals surface area contributed by atoms with Crippen molar-refractivity contribution < 1.29 is 4.74 Å². The SMILES string of the molecule is CCCC(C)(C)CC1(C(C)(C)CC(C)(C)N(C)C)COC1. The molecule has 0 aromatic heterocycles. The van der Waals surface area contributed by atoms with Crippen molar-refractivity contribution in [2.45, 2.75) is 79.7 Å². The molecule has 2 nitrogen and oxygen atoms in total. The molecular weight excluding hydrogens is 258 g/mol. The van der Waals surface area contributed by atoms with Crippen LogP contribution in [0.15, 0.2) is 0 Å². The van der Waals surface area contributed by atoms with Gasteiger partial charge in [-0.15, -0.1) is 0 Å². The van der Waals surface area contributed by atoms with Gasteiger partial charge in [0.25, 0.3) is 0 Å². The van der Waals surface area contributed by atoms with Gasteiger partial charge in [0.15, 0.2) is 0 Å². The van der Waals surface area contributed by atoms with Gasteiger partial charge >= 0.3 is 0 Å². The molecule has 0 atom stereocenters. The fraction of sp³-hybridized carbons (Fsp3) is 1.00. The lowest BCUT2D eigenvalue weighted by Crippen LogP contribution is -2.58. The lowest BCUT2D eigenvalue weighted by atomic mass is 9.54. The summed E-state index contributed by atoms with van der Waals surface area (Å²) in [5.41, 5.74) is 1.28. The Hall–Kier alpha value is -0.0800. The zero-order chi connectivity index (χ0) is 16.5. The van der Waals surface area contributed by atoms with Gasteiger partial charge in [0.1, 0.15) is 0 Å². The minimum atomic E-state index is 0.223. The minimum Gasteiger partial charge on any atom is -0.380 e. The normalized spacial score (nSPS) is 19.7. The molecule has 0 spiro atoms. The number of rotatable bonds is 8. The average molecular weight is 298 g/mol. The summed E-state index contributed by atoms with van der Waals surface area (Å²) in [5, 5.41) is 0. The summed E-state index contributed by atoms with van der Waals surface area (Å²) >= 11 is 0. The summed E-state index contributed by atoms with van der Waals surface area (Å²) in [6.45, 7) is 18.7. The van der Waals surface area contributed by atoms with E-state index >= 15 is 0 Å². The van der Waals surface area contributed by atoms with Crippen LogP contribution in [0.4, 0.5) is 0 Å². The van der Waals surface area contributed by atoms with E-state index in [1.54, 1.807) is 0 Å². The Kier molecular flexibility index (Phi) is 5.60. The van der Waals surface area contributed by atoms with Crippen LogP contribution in [0.5, 0.6) is 0 Å². The third kappa shape index (κ3) is 4.22. The average Bonchev–Trinajstić information content (AvgIpc) is 2.21. The topological polar surface area (TPSA) is 12.5 Å². The smallest absolute Gasteiger partial charge is 0.0550 e. The van der Waals surface area contributed by atoms with Crippen LogP contribution in [0.3, 0.4) is 0 Å². The Morgan fingerprint density at radius 3 is 1.86 bits per heavy atom. The van der Waals surface area contributed by atoms with E-state index in [2.05, 4.69) is 67.5 Å². The molecule has 1 aliphatic rings. The maximum atomic E-state index is 5.71. The fourth-order valence-electron chi connectivity index (χ4n) is 4.19. The third-order valence-corrected chi connectivity index (χ3v) is 6.02. The number of ether oxygens (including phenoxy) is 1. The molecule has 1 heterocycles. The van der Waals surface area contributed by atoms with Gasteiger partial charge in [-0.05, 0) is 58.0 Å². The Morgan fingerprint density at radius 1 is 1.00 bits per heavy atom. The van der Waals surface area contributed by atoms with Crippen molar-refractivity contribution in [3.63, 3.8) is 0 Å². The first kappa shape index (κ1) is 19.0. The maximum absolute atomic E-state index is 5.71. The van der Waals surface area contributed by atoms with Crippen LogP contribution in [-0.2, 0) is 4.74 Å². The molecule has 0 radical (unpaired) electrons. The summed E-state index contributed by atoms with van der Waals surface area (Å²) in [5.74, 6) is 0. The largest absolute Gasteiger partial charge is 0.380 e. The summed E-state index contributed by atoms with van der Waals surface area (Å²) < 4.78 is 5.71. The van der Waals surface area contributed by atoms with E-state index in [1.165, 1.54) is 25.7 Å². The van der Waals surface area contributed by atoms with Crippen molar-refractivity contribution in [2.24, 2.45) is 16.2 Å². The van der Waals surface area contributed by atoms with Crippen LogP contribution >= 0.6 is 0 Å². The highest BCUT2D eigenvalue weighted by Crippen LogP contribution is 2.55. The summed E-state index contributed by atoms with van der Waals surface area (Å²) in [7, 11) is 4.39. The van der Waals surface area contributed by atoms with Crippen molar-refractivity contribution in [1.29, 1.82) is 0 Å². The number of hydrogen-bond donors (Lipinski definition) is 0. The van der Waals surface area contributed by atoms with Crippen LogP contribution < -0.4 is 0 Å². The van der Waals surface area contributed by atoms with Crippen molar-refractivity contribution in [3.8, 4) is 0 Å². The fourth-order valence-corrected chi connectivity index (χ4v) is 4.19. The predicted octanol–water partition coefficient (Wildman–Crippen LogP) is 4.98. The predicted molar refractivity (Wildman–Crippen MR) is 92.7 cm³/mol. The highest BCUT2D eigenvalue weighted by atomic mass is 16.5. The standard InChI is InChI=1S/C19H39NO/c1-10-11-16(2,3)12-19(14-21-15-19)17(4,5)13-18(6,7)20(8)9/h10-15H2,1-9H3. The van der Waals surface area contributed by atoms with Crippen molar-refractivity contribution in [1.82, 2.24) is 4.90 Å². The van der Waals surface area contributed by atoms with Crippen LogP contribution in [0.25, 0.3) is 0 Å². The van der Waals surface area contributed by atoms with E-state index in [9.17, 15) is 0 Å². The van der Waals surface area contributed by atoms with Crippen LogP contribution in [0.1, 0.15) is 74.1 Å². The van der Waals surface area contributed by atoms with Crippen LogP contribution in [0.2, 0.25) is 0 Å². The van der Waals surface area contributed by atoms with Gasteiger partial charge in [0, 0.05) is 11.0 Å². The first-order chi connectivity index (χ1) is 9.38. The molecule has 2 heteroatoms. The Morgan fingerprint density at radius 2 is 1.52 bits per heavy atom. The van der Waals surface area contributed by atoms with Gasteiger partial charge in [-0.1, -0.05) is 41.0 Å². The second kappa shape index (κ2) is 6.20. The van der Waals surface area contributed by atoms with Crippen molar-refractivity contribution in [3.05, 3.63) is 0 Å². The monoisotopic (exact) mass is 297 g/mol. The molecule has 1 rings (SSSR count). The Balaban J connectivity index is 2.91. The van der Waals surface area contributed by atoms with Crippen LogP contribution in [0, 0.1) is 16.2 Å². The lowest BCUT2D eigenvalue weighted by Gasteiger charge is -2.57. The van der Waals surface area contributed by atoms with Gasteiger partial charge < -0.3 is 9.64 Å². The molecule has 1 aliphatic heterocycles. The van der Waals surface area contributed by atoms with E-state index in [0.29, 0.717) is 16.2 Å². The van der Waals surface area contributed by atoms with Gasteiger partial charge in [0.05, 0.1) is 13.2 Å². The molecule has 0 saturated carbocycles. The zero-order valence-electron chi connectivity index (χ0n) is 16.1. The van der Waals surface area contributed by atoms with E-state index in [0.717, 1.165) is 13.2 Å².